The van der Waals surface area contributed by atoms with E-state index in [9.17, 15) is 9.90 Å². The van der Waals surface area contributed by atoms with Gasteiger partial charge in [0, 0.05) is 16.8 Å². The minimum absolute atomic E-state index is 0.0146. The highest BCUT2D eigenvalue weighted by Gasteiger charge is 2.12. The Kier molecular flexibility index (Phi) is 3.96. The summed E-state index contributed by atoms with van der Waals surface area (Å²) < 4.78 is 0.813. The summed E-state index contributed by atoms with van der Waals surface area (Å²) in [7, 11) is 0. The third-order valence-corrected chi connectivity index (χ3v) is 2.94. The Bertz CT molecular complexity index is 363. The normalized spacial score (nSPS) is 10.2. The van der Waals surface area contributed by atoms with E-state index in [1.807, 2.05) is 6.92 Å². The van der Waals surface area contributed by atoms with Gasteiger partial charge in [-0.25, -0.2) is 0 Å². The topological polar surface area (TPSA) is 37.3 Å². The maximum Gasteiger partial charge on any atom is 0.167 e. The second-order valence-electron chi connectivity index (χ2n) is 2.98. The van der Waals surface area contributed by atoms with Gasteiger partial charge in [-0.2, -0.15) is 0 Å². The van der Waals surface area contributed by atoms with Crippen molar-refractivity contribution in [3.8, 4) is 5.75 Å². The van der Waals surface area contributed by atoms with Gasteiger partial charge in [0.1, 0.15) is 5.75 Å². The molecule has 0 aromatic heterocycles. The van der Waals surface area contributed by atoms with Crippen molar-refractivity contribution in [2.75, 3.05) is 5.88 Å². The van der Waals surface area contributed by atoms with Crippen LogP contribution in [0.1, 0.15) is 22.3 Å². The van der Waals surface area contributed by atoms with Crippen molar-refractivity contribution >= 4 is 33.3 Å². The zero-order valence-corrected chi connectivity index (χ0v) is 10.0. The van der Waals surface area contributed by atoms with Crippen molar-refractivity contribution in [3.05, 3.63) is 27.7 Å². The number of aryl methyl sites for hydroxylation is 1. The number of benzene rings is 1. The van der Waals surface area contributed by atoms with Crippen molar-refractivity contribution in [2.45, 2.75) is 13.3 Å². The number of phenolic OH excluding ortho intramolecular Hbond substituents is 1. The van der Waals surface area contributed by atoms with E-state index in [0.717, 1.165) is 10.0 Å². The maximum atomic E-state index is 11.5. The second-order valence-corrected chi connectivity index (χ2v) is 4.21. The van der Waals surface area contributed by atoms with Crippen LogP contribution in [0.4, 0.5) is 0 Å². The molecule has 1 aromatic rings. The summed E-state index contributed by atoms with van der Waals surface area (Å²) in [6.07, 6.45) is 0.241. The fraction of sp³-hybridized carbons (Fsp3) is 0.300. The molecule has 0 unspecified atom stereocenters. The molecule has 0 radical (unpaired) electrons. The van der Waals surface area contributed by atoms with Crippen molar-refractivity contribution in [2.24, 2.45) is 0 Å². The molecule has 0 atom stereocenters. The lowest BCUT2D eigenvalue weighted by Crippen LogP contribution is -2.00. The zero-order valence-electron chi connectivity index (χ0n) is 7.68. The third-order valence-electron chi connectivity index (χ3n) is 1.90. The number of carbonyl (C=O) groups excluding carboxylic acids is 1. The predicted molar refractivity (Wildman–Crippen MR) is 60.2 cm³/mol. The van der Waals surface area contributed by atoms with E-state index in [2.05, 4.69) is 15.9 Å². The van der Waals surface area contributed by atoms with Gasteiger partial charge in [-0.3, -0.25) is 4.79 Å². The Morgan fingerprint density at radius 3 is 2.79 bits per heavy atom. The van der Waals surface area contributed by atoms with E-state index in [-0.39, 0.29) is 23.8 Å². The molecule has 76 valence electrons. The van der Waals surface area contributed by atoms with Crippen LogP contribution in [0.25, 0.3) is 0 Å². The van der Waals surface area contributed by atoms with E-state index in [1.54, 1.807) is 12.1 Å². The number of halogens is 2. The van der Waals surface area contributed by atoms with Crippen LogP contribution in [-0.2, 0) is 0 Å². The van der Waals surface area contributed by atoms with Crippen molar-refractivity contribution < 1.29 is 9.90 Å². The van der Waals surface area contributed by atoms with Crippen molar-refractivity contribution in [1.29, 1.82) is 0 Å². The summed E-state index contributed by atoms with van der Waals surface area (Å²) in [4.78, 5) is 11.5. The molecular formula is C10H10BrClO2. The molecule has 2 nitrogen and oxygen atoms in total. The minimum Gasteiger partial charge on any atom is -0.507 e. The summed E-state index contributed by atoms with van der Waals surface area (Å²) in [5.74, 6) is 0.142. The Morgan fingerprint density at radius 1 is 1.57 bits per heavy atom. The smallest absolute Gasteiger partial charge is 0.167 e. The molecule has 4 heteroatoms. The number of rotatable bonds is 3. The highest BCUT2D eigenvalue weighted by molar-refractivity contribution is 9.10. The van der Waals surface area contributed by atoms with Gasteiger partial charge in [0.25, 0.3) is 0 Å². The van der Waals surface area contributed by atoms with E-state index >= 15 is 0 Å². The largest absolute Gasteiger partial charge is 0.507 e. The molecule has 0 spiro atoms. The molecule has 0 bridgehead atoms. The number of hydrogen-bond donors (Lipinski definition) is 1. The van der Waals surface area contributed by atoms with Crippen molar-refractivity contribution in [1.82, 2.24) is 0 Å². The first-order chi connectivity index (χ1) is 6.56. The van der Waals surface area contributed by atoms with Gasteiger partial charge in [0.05, 0.1) is 5.56 Å². The first-order valence-electron chi connectivity index (χ1n) is 4.14. The van der Waals surface area contributed by atoms with Crippen LogP contribution in [0.3, 0.4) is 0 Å². The lowest BCUT2D eigenvalue weighted by molar-refractivity contribution is 0.0986. The monoisotopic (exact) mass is 276 g/mol. The lowest BCUT2D eigenvalue weighted by atomic mass is 10.1. The van der Waals surface area contributed by atoms with Gasteiger partial charge in [-0.15, -0.1) is 11.6 Å². The summed E-state index contributed by atoms with van der Waals surface area (Å²) in [6.45, 7) is 1.85. The molecule has 0 amide bonds. The molecule has 0 heterocycles. The summed E-state index contributed by atoms with van der Waals surface area (Å²) in [5, 5.41) is 9.53. The van der Waals surface area contributed by atoms with Gasteiger partial charge in [0.15, 0.2) is 5.78 Å². The third kappa shape index (κ3) is 2.49. The van der Waals surface area contributed by atoms with Crippen LogP contribution in [0.5, 0.6) is 5.75 Å². The fourth-order valence-corrected chi connectivity index (χ4v) is 1.63. The standard InChI is InChI=1S/C10H10BrClO2/c1-6-4-10(14)7(5-8(6)11)9(13)2-3-12/h4-5,14H,2-3H2,1H3. The number of aromatic hydroxyl groups is 1. The van der Waals surface area contributed by atoms with E-state index in [4.69, 9.17) is 11.6 Å². The summed E-state index contributed by atoms with van der Waals surface area (Å²) in [6, 6.07) is 3.19. The van der Waals surface area contributed by atoms with Gasteiger partial charge in [0.2, 0.25) is 0 Å². The molecule has 1 rings (SSSR count). The van der Waals surface area contributed by atoms with E-state index < -0.39 is 0 Å². The van der Waals surface area contributed by atoms with Gasteiger partial charge >= 0.3 is 0 Å². The Morgan fingerprint density at radius 2 is 2.21 bits per heavy atom. The average molecular weight is 278 g/mol. The number of ketones is 1. The second kappa shape index (κ2) is 4.80. The minimum atomic E-state index is -0.141. The van der Waals surface area contributed by atoms with Crippen LogP contribution in [0.15, 0.2) is 16.6 Å². The Balaban J connectivity index is 3.09. The summed E-state index contributed by atoms with van der Waals surface area (Å²) >= 11 is 8.76. The van der Waals surface area contributed by atoms with Crippen molar-refractivity contribution in [3.63, 3.8) is 0 Å². The molecule has 0 saturated heterocycles. The first-order valence-corrected chi connectivity index (χ1v) is 5.47. The number of phenols is 1. The molecular weight excluding hydrogens is 267 g/mol. The number of carbonyl (C=O) groups is 1. The lowest BCUT2D eigenvalue weighted by Gasteiger charge is -2.05. The van der Waals surface area contributed by atoms with Gasteiger partial charge in [-0.1, -0.05) is 15.9 Å². The molecule has 0 saturated carbocycles. The highest BCUT2D eigenvalue weighted by Crippen LogP contribution is 2.26. The molecule has 0 aliphatic rings. The van der Waals surface area contributed by atoms with E-state index in [1.165, 1.54) is 0 Å². The molecule has 14 heavy (non-hydrogen) atoms. The molecule has 1 N–H and O–H groups in total. The van der Waals surface area contributed by atoms with Crippen LogP contribution >= 0.6 is 27.5 Å². The number of Topliss-reactive ketones (excluding diaryl/α,β-unsaturated/α-hetero) is 1. The first kappa shape index (κ1) is 11.5. The molecule has 1 aromatic carbocycles. The van der Waals surface area contributed by atoms with E-state index in [0.29, 0.717) is 5.56 Å². The van der Waals surface area contributed by atoms with Crippen LogP contribution < -0.4 is 0 Å². The predicted octanol–water partition coefficient (Wildman–Crippen LogP) is 3.27. The summed E-state index contributed by atoms with van der Waals surface area (Å²) in [5.41, 5.74) is 1.22. The molecule has 0 aliphatic carbocycles. The maximum absolute atomic E-state index is 11.5. The van der Waals surface area contributed by atoms with Gasteiger partial charge < -0.3 is 5.11 Å². The Labute approximate surface area is 96.0 Å². The average Bonchev–Trinajstić information content (AvgIpc) is 2.11. The molecule has 0 aliphatic heterocycles. The Hall–Kier alpha value is -0.540. The van der Waals surface area contributed by atoms with Crippen LogP contribution in [0, 0.1) is 6.92 Å². The van der Waals surface area contributed by atoms with Crippen LogP contribution in [0.2, 0.25) is 0 Å². The SMILES string of the molecule is Cc1cc(O)c(C(=O)CCCl)cc1Br. The molecule has 0 fully saturated rings. The highest BCUT2D eigenvalue weighted by atomic mass is 79.9. The number of alkyl halides is 1. The number of hydrogen-bond acceptors (Lipinski definition) is 2. The fourth-order valence-electron chi connectivity index (χ4n) is 1.11. The zero-order chi connectivity index (χ0) is 10.7. The van der Waals surface area contributed by atoms with Gasteiger partial charge in [-0.05, 0) is 24.6 Å². The quantitative estimate of drug-likeness (QED) is 0.680. The van der Waals surface area contributed by atoms with Crippen LogP contribution in [-0.4, -0.2) is 16.8 Å².